The predicted octanol–water partition coefficient (Wildman–Crippen LogP) is 5.75. The fourth-order valence-corrected chi connectivity index (χ4v) is 3.76. The molecule has 2 aromatic carbocycles. The van der Waals surface area contributed by atoms with Crippen molar-refractivity contribution < 1.29 is 0 Å². The molecule has 1 aliphatic rings. The van der Waals surface area contributed by atoms with Crippen LogP contribution in [0.2, 0.25) is 0 Å². The van der Waals surface area contributed by atoms with Crippen LogP contribution in [0.3, 0.4) is 0 Å². The van der Waals surface area contributed by atoms with Crippen molar-refractivity contribution in [2.24, 2.45) is 0 Å². The number of nitrogens with one attached hydrogen (secondary N) is 1. The van der Waals surface area contributed by atoms with Gasteiger partial charge < -0.3 is 5.32 Å². The van der Waals surface area contributed by atoms with Crippen molar-refractivity contribution in [3.8, 4) is 0 Å². The summed E-state index contributed by atoms with van der Waals surface area (Å²) in [5.41, 5.74) is 1.65. The van der Waals surface area contributed by atoms with Gasteiger partial charge >= 0.3 is 0 Å². The molecule has 20 heavy (non-hydrogen) atoms. The van der Waals surface area contributed by atoms with Crippen molar-refractivity contribution in [1.82, 2.24) is 0 Å². The number of hydrogen-bond donors (Lipinski definition) is 1. The van der Waals surface area contributed by atoms with Gasteiger partial charge in [-0.1, -0.05) is 69.0 Å². The Bertz CT molecular complexity index is 556. The molecule has 1 aliphatic carbocycles. The normalized spacial score (nSPS) is 18.1. The lowest BCUT2D eigenvalue weighted by Crippen LogP contribution is -2.40. The molecule has 1 nitrogen and oxygen atoms in total. The summed E-state index contributed by atoms with van der Waals surface area (Å²) in [5, 5.41) is 6.63. The van der Waals surface area contributed by atoms with Crippen LogP contribution in [0, 0.1) is 0 Å². The van der Waals surface area contributed by atoms with Gasteiger partial charge in [0.15, 0.2) is 0 Å². The average Bonchev–Trinajstić information content (AvgIpc) is 2.49. The van der Waals surface area contributed by atoms with E-state index in [-0.39, 0.29) is 0 Å². The average molecular weight is 267 g/mol. The Hall–Kier alpha value is -1.50. The van der Waals surface area contributed by atoms with Gasteiger partial charge in [0, 0.05) is 16.6 Å². The number of hydrogen-bond acceptors (Lipinski definition) is 1. The van der Waals surface area contributed by atoms with E-state index >= 15 is 0 Å². The standard InChI is InChI=1S/C19H25N/c1-2-13-19(14-6-3-7-15-19)20-18-12-8-10-16-9-4-5-11-17(16)18/h4-5,8-12,20H,2-3,6-7,13-15H2,1H3. The summed E-state index contributed by atoms with van der Waals surface area (Å²) >= 11 is 0. The second-order valence-corrected chi connectivity index (χ2v) is 6.24. The van der Waals surface area contributed by atoms with Gasteiger partial charge in [-0.25, -0.2) is 0 Å². The van der Waals surface area contributed by atoms with Crippen molar-refractivity contribution in [1.29, 1.82) is 0 Å². The summed E-state index contributed by atoms with van der Waals surface area (Å²) in [6, 6.07) is 15.3. The Labute approximate surface area is 122 Å². The molecule has 0 radical (unpaired) electrons. The largest absolute Gasteiger partial charge is 0.379 e. The van der Waals surface area contributed by atoms with Crippen molar-refractivity contribution in [2.75, 3.05) is 5.32 Å². The molecule has 0 heterocycles. The van der Waals surface area contributed by atoms with E-state index in [1.54, 1.807) is 0 Å². The topological polar surface area (TPSA) is 12.0 Å². The van der Waals surface area contributed by atoms with Crippen molar-refractivity contribution in [3.05, 3.63) is 42.5 Å². The molecule has 0 saturated heterocycles. The summed E-state index contributed by atoms with van der Waals surface area (Å²) in [6.07, 6.45) is 9.35. The van der Waals surface area contributed by atoms with Crippen LogP contribution in [0.4, 0.5) is 5.69 Å². The Balaban J connectivity index is 1.94. The molecule has 1 fully saturated rings. The Morgan fingerprint density at radius 1 is 0.950 bits per heavy atom. The van der Waals surface area contributed by atoms with Crippen LogP contribution < -0.4 is 5.32 Å². The molecule has 0 aromatic heterocycles. The third-order valence-electron chi connectivity index (χ3n) is 4.73. The first-order valence-electron chi connectivity index (χ1n) is 8.09. The highest BCUT2D eigenvalue weighted by atomic mass is 15.0. The maximum absolute atomic E-state index is 3.94. The monoisotopic (exact) mass is 267 g/mol. The SMILES string of the molecule is CCCC1(Nc2cccc3ccccc23)CCCCC1. The molecule has 0 unspecified atom stereocenters. The van der Waals surface area contributed by atoms with Gasteiger partial charge in [0.25, 0.3) is 0 Å². The van der Waals surface area contributed by atoms with Crippen molar-refractivity contribution in [2.45, 2.75) is 57.4 Å². The van der Waals surface area contributed by atoms with E-state index < -0.39 is 0 Å². The molecule has 1 saturated carbocycles. The maximum Gasteiger partial charge on any atom is 0.0424 e. The fraction of sp³-hybridized carbons (Fsp3) is 0.474. The minimum Gasteiger partial charge on any atom is -0.379 e. The quantitative estimate of drug-likeness (QED) is 0.743. The number of rotatable bonds is 4. The molecule has 3 rings (SSSR count). The first kappa shape index (κ1) is 13.5. The number of fused-ring (bicyclic) bond motifs is 1. The third-order valence-corrected chi connectivity index (χ3v) is 4.73. The number of anilines is 1. The van der Waals surface area contributed by atoms with Crippen LogP contribution >= 0.6 is 0 Å². The molecule has 0 atom stereocenters. The first-order chi connectivity index (χ1) is 9.83. The Morgan fingerprint density at radius 2 is 1.70 bits per heavy atom. The van der Waals surface area contributed by atoms with Gasteiger partial charge in [0.1, 0.15) is 0 Å². The molecule has 106 valence electrons. The highest BCUT2D eigenvalue weighted by Gasteiger charge is 2.31. The summed E-state index contributed by atoms with van der Waals surface area (Å²) < 4.78 is 0. The lowest BCUT2D eigenvalue weighted by molar-refractivity contribution is 0.302. The van der Waals surface area contributed by atoms with Crippen LogP contribution in [0.15, 0.2) is 42.5 Å². The van der Waals surface area contributed by atoms with Gasteiger partial charge in [0.2, 0.25) is 0 Å². The summed E-state index contributed by atoms with van der Waals surface area (Å²) in [7, 11) is 0. The molecule has 0 aliphatic heterocycles. The van der Waals surface area contributed by atoms with Crippen LogP contribution in [0.1, 0.15) is 51.9 Å². The summed E-state index contributed by atoms with van der Waals surface area (Å²) in [5.74, 6) is 0. The molecule has 0 amide bonds. The van der Waals surface area contributed by atoms with E-state index in [2.05, 4.69) is 54.7 Å². The maximum atomic E-state index is 3.94. The van der Waals surface area contributed by atoms with E-state index in [1.807, 2.05) is 0 Å². The van der Waals surface area contributed by atoms with Gasteiger partial charge in [-0.2, -0.15) is 0 Å². The zero-order valence-corrected chi connectivity index (χ0v) is 12.5. The van der Waals surface area contributed by atoms with E-state index in [0.717, 1.165) is 0 Å². The van der Waals surface area contributed by atoms with Crippen LogP contribution in [0.5, 0.6) is 0 Å². The van der Waals surface area contributed by atoms with E-state index in [4.69, 9.17) is 0 Å². The van der Waals surface area contributed by atoms with Crippen LogP contribution in [-0.2, 0) is 0 Å². The second kappa shape index (κ2) is 5.87. The van der Waals surface area contributed by atoms with E-state index in [0.29, 0.717) is 5.54 Å². The van der Waals surface area contributed by atoms with Crippen molar-refractivity contribution >= 4 is 16.5 Å². The fourth-order valence-electron chi connectivity index (χ4n) is 3.76. The zero-order valence-electron chi connectivity index (χ0n) is 12.5. The molecule has 1 heteroatoms. The summed E-state index contributed by atoms with van der Waals surface area (Å²) in [4.78, 5) is 0. The predicted molar refractivity (Wildman–Crippen MR) is 88.3 cm³/mol. The molecule has 0 bridgehead atoms. The van der Waals surface area contributed by atoms with Crippen LogP contribution in [0.25, 0.3) is 10.8 Å². The molecule has 1 N–H and O–H groups in total. The van der Waals surface area contributed by atoms with E-state index in [9.17, 15) is 0 Å². The van der Waals surface area contributed by atoms with Gasteiger partial charge in [-0.15, -0.1) is 0 Å². The molecule has 0 spiro atoms. The smallest absolute Gasteiger partial charge is 0.0424 e. The second-order valence-electron chi connectivity index (χ2n) is 6.24. The highest BCUT2D eigenvalue weighted by molar-refractivity contribution is 5.94. The minimum absolute atomic E-state index is 0.330. The highest BCUT2D eigenvalue weighted by Crippen LogP contribution is 2.37. The zero-order chi connectivity index (χ0) is 13.8. The van der Waals surface area contributed by atoms with Gasteiger partial charge in [-0.3, -0.25) is 0 Å². The van der Waals surface area contributed by atoms with E-state index in [1.165, 1.54) is 61.4 Å². The molecular weight excluding hydrogens is 242 g/mol. The molecule has 2 aromatic rings. The first-order valence-corrected chi connectivity index (χ1v) is 8.09. The van der Waals surface area contributed by atoms with Gasteiger partial charge in [0.05, 0.1) is 0 Å². The number of benzene rings is 2. The van der Waals surface area contributed by atoms with Gasteiger partial charge in [-0.05, 0) is 30.7 Å². The lowest BCUT2D eigenvalue weighted by atomic mass is 9.78. The molecular formula is C19H25N. The Kier molecular flexibility index (Phi) is 3.95. The minimum atomic E-state index is 0.330. The van der Waals surface area contributed by atoms with Crippen molar-refractivity contribution in [3.63, 3.8) is 0 Å². The Morgan fingerprint density at radius 3 is 2.50 bits per heavy atom. The third kappa shape index (κ3) is 2.67. The van der Waals surface area contributed by atoms with Crippen LogP contribution in [-0.4, -0.2) is 5.54 Å². The summed E-state index contributed by atoms with van der Waals surface area (Å²) in [6.45, 7) is 2.31. The lowest BCUT2D eigenvalue weighted by Gasteiger charge is -2.39.